The van der Waals surface area contributed by atoms with Gasteiger partial charge in [-0.1, -0.05) is 13.8 Å². The number of methoxy groups -OCH3 is 1. The van der Waals surface area contributed by atoms with Gasteiger partial charge in [-0.25, -0.2) is 0 Å². The van der Waals surface area contributed by atoms with E-state index in [-0.39, 0.29) is 29.8 Å². The van der Waals surface area contributed by atoms with Crippen molar-refractivity contribution in [3.63, 3.8) is 0 Å². The Labute approximate surface area is 98.3 Å². The fourth-order valence-electron chi connectivity index (χ4n) is 0.793. The predicted molar refractivity (Wildman–Crippen MR) is 64.2 cm³/mol. The highest BCUT2D eigenvalue weighted by Gasteiger charge is 2.21. The van der Waals surface area contributed by atoms with E-state index < -0.39 is 6.04 Å². The number of amides is 1. The third kappa shape index (κ3) is 6.71. The average molecular weight is 239 g/mol. The predicted octanol–water partition coefficient (Wildman–Crippen LogP) is 0.933. The summed E-state index contributed by atoms with van der Waals surface area (Å²) in [7, 11) is 1.62. The third-order valence-corrected chi connectivity index (χ3v) is 2.26. The van der Waals surface area contributed by atoms with Crippen molar-refractivity contribution < 1.29 is 9.53 Å². The molecule has 0 spiro atoms. The van der Waals surface area contributed by atoms with Crippen LogP contribution in [0.1, 0.15) is 27.7 Å². The first-order valence-electron chi connectivity index (χ1n) is 4.88. The van der Waals surface area contributed by atoms with Crippen molar-refractivity contribution in [3.05, 3.63) is 0 Å². The molecule has 5 heteroatoms. The summed E-state index contributed by atoms with van der Waals surface area (Å²) in [6.45, 7) is 8.14. The fraction of sp³-hybridized carbons (Fsp3) is 0.900. The molecule has 1 amide bonds. The van der Waals surface area contributed by atoms with Crippen LogP contribution in [0.5, 0.6) is 0 Å². The van der Waals surface area contributed by atoms with Crippen molar-refractivity contribution in [3.8, 4) is 0 Å². The van der Waals surface area contributed by atoms with Crippen molar-refractivity contribution in [2.45, 2.75) is 39.3 Å². The minimum atomic E-state index is -0.442. The summed E-state index contributed by atoms with van der Waals surface area (Å²) in [6.07, 6.45) is 0. The first-order chi connectivity index (χ1) is 6.30. The SMILES string of the molecule is COC(C)(C)CNC(=O)[C@@H](N)C(C)C.Cl. The van der Waals surface area contributed by atoms with E-state index in [2.05, 4.69) is 5.32 Å². The highest BCUT2D eigenvalue weighted by Crippen LogP contribution is 2.05. The number of rotatable bonds is 5. The number of hydrogen-bond acceptors (Lipinski definition) is 3. The molecule has 0 radical (unpaired) electrons. The summed E-state index contributed by atoms with van der Waals surface area (Å²) >= 11 is 0. The molecule has 0 aliphatic rings. The molecule has 0 saturated heterocycles. The molecule has 0 fully saturated rings. The van der Waals surface area contributed by atoms with E-state index in [4.69, 9.17) is 10.5 Å². The monoisotopic (exact) mass is 238 g/mol. The first-order valence-corrected chi connectivity index (χ1v) is 4.88. The smallest absolute Gasteiger partial charge is 0.237 e. The maximum Gasteiger partial charge on any atom is 0.237 e. The van der Waals surface area contributed by atoms with Gasteiger partial charge >= 0.3 is 0 Å². The lowest BCUT2D eigenvalue weighted by Crippen LogP contribution is -2.48. The van der Waals surface area contributed by atoms with Crippen LogP contribution in [0.25, 0.3) is 0 Å². The Morgan fingerprint density at radius 2 is 1.93 bits per heavy atom. The van der Waals surface area contributed by atoms with Crippen LogP contribution in [-0.4, -0.2) is 31.2 Å². The van der Waals surface area contributed by atoms with Crippen molar-refractivity contribution >= 4 is 18.3 Å². The average Bonchev–Trinajstić information content (AvgIpc) is 2.13. The maximum atomic E-state index is 11.5. The normalized spacial score (nSPS) is 13.3. The fourth-order valence-corrected chi connectivity index (χ4v) is 0.793. The number of carbonyl (C=O) groups is 1. The third-order valence-electron chi connectivity index (χ3n) is 2.26. The lowest BCUT2D eigenvalue weighted by Gasteiger charge is -2.24. The van der Waals surface area contributed by atoms with Gasteiger partial charge in [0.25, 0.3) is 0 Å². The van der Waals surface area contributed by atoms with E-state index in [0.717, 1.165) is 0 Å². The van der Waals surface area contributed by atoms with Gasteiger partial charge in [0.05, 0.1) is 11.6 Å². The van der Waals surface area contributed by atoms with Gasteiger partial charge in [0.15, 0.2) is 0 Å². The zero-order chi connectivity index (χ0) is 11.4. The minimum Gasteiger partial charge on any atom is -0.377 e. The van der Waals surface area contributed by atoms with Gasteiger partial charge in [-0.3, -0.25) is 4.79 Å². The molecule has 1 atom stereocenters. The van der Waals surface area contributed by atoms with Gasteiger partial charge in [0.1, 0.15) is 0 Å². The Bertz CT molecular complexity index is 196. The second-order valence-electron chi connectivity index (χ2n) is 4.45. The molecule has 4 nitrogen and oxygen atoms in total. The van der Waals surface area contributed by atoms with Crippen LogP contribution in [0.3, 0.4) is 0 Å². The van der Waals surface area contributed by atoms with Crippen LogP contribution in [-0.2, 0) is 9.53 Å². The summed E-state index contributed by atoms with van der Waals surface area (Å²) in [6, 6.07) is -0.442. The molecule has 3 N–H and O–H groups in total. The van der Waals surface area contributed by atoms with Gasteiger partial charge < -0.3 is 15.8 Å². The van der Waals surface area contributed by atoms with Gasteiger partial charge in [-0.2, -0.15) is 0 Å². The van der Waals surface area contributed by atoms with Crippen LogP contribution in [0, 0.1) is 5.92 Å². The van der Waals surface area contributed by atoms with E-state index in [9.17, 15) is 4.79 Å². The molecule has 0 rings (SSSR count). The molecular formula is C10H23ClN2O2. The van der Waals surface area contributed by atoms with E-state index in [1.807, 2.05) is 27.7 Å². The number of nitrogens with two attached hydrogens (primary N) is 1. The zero-order valence-electron chi connectivity index (χ0n) is 10.2. The van der Waals surface area contributed by atoms with Crippen molar-refractivity contribution in [1.82, 2.24) is 5.32 Å². The number of carbonyl (C=O) groups excluding carboxylic acids is 1. The van der Waals surface area contributed by atoms with Crippen molar-refractivity contribution in [1.29, 1.82) is 0 Å². The number of ether oxygens (including phenoxy) is 1. The molecule has 0 aromatic carbocycles. The van der Waals surface area contributed by atoms with Gasteiger partial charge in [-0.15, -0.1) is 12.4 Å². The van der Waals surface area contributed by atoms with Crippen LogP contribution < -0.4 is 11.1 Å². The molecule has 92 valence electrons. The van der Waals surface area contributed by atoms with Gasteiger partial charge in [-0.05, 0) is 19.8 Å². The highest BCUT2D eigenvalue weighted by atomic mass is 35.5. The molecular weight excluding hydrogens is 216 g/mol. The van der Waals surface area contributed by atoms with Crippen LogP contribution in [0.2, 0.25) is 0 Å². The lowest BCUT2D eigenvalue weighted by atomic mass is 10.0. The Morgan fingerprint density at radius 1 is 1.47 bits per heavy atom. The summed E-state index contributed by atoms with van der Waals surface area (Å²) in [5, 5.41) is 2.77. The van der Waals surface area contributed by atoms with E-state index >= 15 is 0 Å². The van der Waals surface area contributed by atoms with Crippen LogP contribution >= 0.6 is 12.4 Å². The lowest BCUT2D eigenvalue weighted by molar-refractivity contribution is -0.124. The largest absolute Gasteiger partial charge is 0.377 e. The second-order valence-corrected chi connectivity index (χ2v) is 4.45. The number of hydrogen-bond donors (Lipinski definition) is 2. The summed E-state index contributed by atoms with van der Waals surface area (Å²) < 4.78 is 5.17. The first kappa shape index (κ1) is 17.1. The molecule has 0 heterocycles. The molecule has 0 saturated carbocycles. The molecule has 0 aromatic heterocycles. The maximum absolute atomic E-state index is 11.5. The molecule has 0 aliphatic carbocycles. The van der Waals surface area contributed by atoms with E-state index in [1.54, 1.807) is 7.11 Å². The Hall–Kier alpha value is -0.320. The van der Waals surface area contributed by atoms with Crippen LogP contribution in [0.15, 0.2) is 0 Å². The Balaban J connectivity index is 0. The molecule has 0 aromatic rings. The summed E-state index contributed by atoms with van der Waals surface area (Å²) in [4.78, 5) is 11.5. The van der Waals surface area contributed by atoms with Crippen molar-refractivity contribution in [2.75, 3.05) is 13.7 Å². The number of halogens is 1. The quantitative estimate of drug-likeness (QED) is 0.749. The number of nitrogens with one attached hydrogen (secondary N) is 1. The zero-order valence-corrected chi connectivity index (χ0v) is 11.0. The van der Waals surface area contributed by atoms with E-state index in [1.165, 1.54) is 0 Å². The Kier molecular flexibility index (Phi) is 8.02. The second kappa shape index (κ2) is 7.04. The van der Waals surface area contributed by atoms with Crippen LogP contribution in [0.4, 0.5) is 0 Å². The minimum absolute atomic E-state index is 0. The molecule has 0 aliphatic heterocycles. The molecule has 0 unspecified atom stereocenters. The highest BCUT2D eigenvalue weighted by molar-refractivity contribution is 5.85. The summed E-state index contributed by atoms with van der Waals surface area (Å²) in [5.41, 5.74) is 5.34. The van der Waals surface area contributed by atoms with Crippen molar-refractivity contribution in [2.24, 2.45) is 11.7 Å². The molecule has 15 heavy (non-hydrogen) atoms. The van der Waals surface area contributed by atoms with Gasteiger partial charge in [0.2, 0.25) is 5.91 Å². The standard InChI is InChI=1S/C10H22N2O2.ClH/c1-7(2)8(11)9(13)12-6-10(3,4)14-5;/h7-8H,6,11H2,1-5H3,(H,12,13);1H/t8-;/m0./s1. The summed E-state index contributed by atoms with van der Waals surface area (Å²) in [5.74, 6) is 0.0331. The molecule has 0 bridgehead atoms. The van der Waals surface area contributed by atoms with Gasteiger partial charge in [0, 0.05) is 13.7 Å². The van der Waals surface area contributed by atoms with E-state index in [0.29, 0.717) is 6.54 Å². The topological polar surface area (TPSA) is 64.3 Å². The Morgan fingerprint density at radius 3 is 2.27 bits per heavy atom.